The van der Waals surface area contributed by atoms with Crippen LogP contribution in [0, 0.1) is 11.8 Å². The van der Waals surface area contributed by atoms with Crippen molar-refractivity contribution in [2.24, 2.45) is 5.73 Å². The zero-order valence-electron chi connectivity index (χ0n) is 19.6. The maximum Gasteiger partial charge on any atom is 0.269 e. The Bertz CT molecular complexity index is 1300. The molecule has 0 saturated carbocycles. The highest BCUT2D eigenvalue weighted by Gasteiger charge is 2.32. The zero-order valence-corrected chi connectivity index (χ0v) is 19.6. The average molecular weight is 474 g/mol. The maximum absolute atomic E-state index is 12.7. The molecule has 2 amide bonds. The van der Waals surface area contributed by atoms with Gasteiger partial charge in [-0.25, -0.2) is 14.6 Å². The zero-order chi connectivity index (χ0) is 24.9. The van der Waals surface area contributed by atoms with Gasteiger partial charge in [-0.05, 0) is 44.5 Å². The highest BCUT2D eigenvalue weighted by atomic mass is 16.5. The fourth-order valence-electron chi connectivity index (χ4n) is 4.18. The van der Waals surface area contributed by atoms with E-state index in [9.17, 15) is 9.59 Å². The Morgan fingerprint density at radius 1 is 1.26 bits per heavy atom. The first kappa shape index (κ1) is 23.8. The van der Waals surface area contributed by atoms with Gasteiger partial charge in [0.15, 0.2) is 5.69 Å². The minimum absolute atomic E-state index is 0.0619. The van der Waals surface area contributed by atoms with E-state index in [1.165, 1.54) is 11.8 Å². The van der Waals surface area contributed by atoms with Crippen molar-refractivity contribution in [3.05, 3.63) is 59.7 Å². The maximum atomic E-state index is 12.7. The minimum atomic E-state index is -0.676. The third-order valence-electron chi connectivity index (χ3n) is 5.92. The lowest BCUT2D eigenvalue weighted by Gasteiger charge is -2.21. The second-order valence-electron chi connectivity index (χ2n) is 8.07. The van der Waals surface area contributed by atoms with Crippen molar-refractivity contribution < 1.29 is 14.3 Å². The van der Waals surface area contributed by atoms with Gasteiger partial charge in [0, 0.05) is 23.4 Å². The molecule has 0 radical (unpaired) electrons. The molecule has 4 rings (SSSR count). The Morgan fingerprint density at radius 3 is 2.71 bits per heavy atom. The summed E-state index contributed by atoms with van der Waals surface area (Å²) >= 11 is 0. The molecule has 5 N–H and O–H groups in total. The number of aromatic nitrogens is 3. The van der Waals surface area contributed by atoms with Crippen molar-refractivity contribution in [3.63, 3.8) is 0 Å². The molecule has 3 heterocycles. The van der Waals surface area contributed by atoms with E-state index in [1.807, 2.05) is 0 Å². The predicted octanol–water partition coefficient (Wildman–Crippen LogP) is 2.18. The van der Waals surface area contributed by atoms with E-state index < -0.39 is 5.91 Å². The molecule has 0 bridgehead atoms. The number of hydrogen-bond donors (Lipinski definition) is 3. The Morgan fingerprint density at radius 2 is 2.03 bits per heavy atom. The molecular weight excluding hydrogens is 446 g/mol. The number of nitrogens with one attached hydrogen (secondary N) is 1. The number of anilines is 1. The molecule has 0 unspecified atom stereocenters. The summed E-state index contributed by atoms with van der Waals surface area (Å²) in [7, 11) is 1.54. The molecule has 0 spiro atoms. The number of amides is 2. The molecule has 1 aliphatic rings. The lowest BCUT2D eigenvalue weighted by Crippen LogP contribution is -2.30. The van der Waals surface area contributed by atoms with Crippen LogP contribution in [0.4, 0.5) is 5.82 Å². The van der Waals surface area contributed by atoms with Crippen LogP contribution in [0.25, 0.3) is 11.3 Å². The first-order valence-electron chi connectivity index (χ1n) is 11.2. The molecular formula is C25H27N7O3. The highest BCUT2D eigenvalue weighted by Crippen LogP contribution is 2.34. The van der Waals surface area contributed by atoms with Crippen molar-refractivity contribution in [3.8, 4) is 28.8 Å². The summed E-state index contributed by atoms with van der Waals surface area (Å²) in [4.78, 5) is 36.0. The third-order valence-corrected chi connectivity index (χ3v) is 5.92. The summed E-state index contributed by atoms with van der Waals surface area (Å²) in [6, 6.07) is 9.95. The molecule has 2 aromatic heterocycles. The van der Waals surface area contributed by atoms with Crippen LogP contribution >= 0.6 is 0 Å². The van der Waals surface area contributed by atoms with E-state index in [0.29, 0.717) is 40.8 Å². The van der Waals surface area contributed by atoms with Gasteiger partial charge in [0.2, 0.25) is 0 Å². The van der Waals surface area contributed by atoms with Crippen molar-refractivity contribution in [2.75, 3.05) is 31.4 Å². The Balaban J connectivity index is 1.61. The SMILES string of the molecule is CC#CCN1CCC[C@H]1c1nc(-c2ccc(C(=O)Nc3cc(OC)ccn3)cc2)c(C(N)=O)n1N. The van der Waals surface area contributed by atoms with Crippen molar-refractivity contribution in [2.45, 2.75) is 25.8 Å². The van der Waals surface area contributed by atoms with Gasteiger partial charge in [-0.3, -0.25) is 14.5 Å². The van der Waals surface area contributed by atoms with Gasteiger partial charge >= 0.3 is 0 Å². The lowest BCUT2D eigenvalue weighted by atomic mass is 10.1. The molecule has 1 aliphatic heterocycles. The number of carbonyl (C=O) groups is 2. The van der Waals surface area contributed by atoms with Gasteiger partial charge in [0.05, 0.1) is 19.7 Å². The van der Waals surface area contributed by atoms with Crippen LogP contribution in [0.3, 0.4) is 0 Å². The van der Waals surface area contributed by atoms with E-state index in [1.54, 1.807) is 49.5 Å². The van der Waals surface area contributed by atoms with Gasteiger partial charge in [-0.15, -0.1) is 5.92 Å². The van der Waals surface area contributed by atoms with E-state index in [0.717, 1.165) is 19.4 Å². The van der Waals surface area contributed by atoms with Gasteiger partial charge in [0.1, 0.15) is 23.1 Å². The number of pyridine rings is 1. The van der Waals surface area contributed by atoms with Crippen LogP contribution in [-0.4, -0.2) is 51.6 Å². The molecule has 180 valence electrons. The summed E-state index contributed by atoms with van der Waals surface area (Å²) < 4.78 is 6.44. The number of methoxy groups -OCH3 is 1. The van der Waals surface area contributed by atoms with Crippen LogP contribution in [-0.2, 0) is 0 Å². The highest BCUT2D eigenvalue weighted by molar-refractivity contribution is 6.04. The molecule has 1 saturated heterocycles. The second kappa shape index (κ2) is 10.3. The first-order chi connectivity index (χ1) is 16.9. The van der Waals surface area contributed by atoms with Gasteiger partial charge in [-0.2, -0.15) is 0 Å². The standard InChI is InChI=1S/C25H27N7O3/c1-3-4-13-31-14-5-6-19(31)24-30-21(22(23(26)33)32(24)27)16-7-9-17(10-8-16)25(34)29-20-15-18(35-2)11-12-28-20/h7-12,15,19H,5-6,13-14,27H2,1-2H3,(H2,26,33)(H,28,29,34)/t19-/m0/s1. The molecule has 10 nitrogen and oxygen atoms in total. The van der Waals surface area contributed by atoms with Gasteiger partial charge in [0.25, 0.3) is 11.8 Å². The largest absolute Gasteiger partial charge is 0.497 e. The molecule has 1 aromatic carbocycles. The number of hydrogen-bond acceptors (Lipinski definition) is 7. The summed E-state index contributed by atoms with van der Waals surface area (Å²) in [5.74, 6) is 12.8. The van der Waals surface area contributed by atoms with Crippen LogP contribution in [0.5, 0.6) is 5.75 Å². The third kappa shape index (κ3) is 4.95. The van der Waals surface area contributed by atoms with Gasteiger partial charge in [-0.1, -0.05) is 18.1 Å². The number of rotatable bonds is 7. The number of likely N-dealkylation sites (tertiary alicyclic amines) is 1. The Kier molecular flexibility index (Phi) is 6.98. The van der Waals surface area contributed by atoms with E-state index >= 15 is 0 Å². The van der Waals surface area contributed by atoms with E-state index in [-0.39, 0.29) is 17.6 Å². The average Bonchev–Trinajstić information content (AvgIpc) is 3.46. The number of benzene rings is 1. The van der Waals surface area contributed by atoms with Crippen LogP contribution in [0.1, 0.15) is 52.5 Å². The lowest BCUT2D eigenvalue weighted by molar-refractivity contribution is 0.0991. The van der Waals surface area contributed by atoms with Crippen LogP contribution in [0.15, 0.2) is 42.6 Å². The summed E-state index contributed by atoms with van der Waals surface area (Å²) in [6.45, 7) is 3.27. The Labute approximate surface area is 203 Å². The smallest absolute Gasteiger partial charge is 0.269 e. The molecule has 0 aliphatic carbocycles. The Hall–Kier alpha value is -4.36. The second-order valence-corrected chi connectivity index (χ2v) is 8.07. The number of carbonyl (C=O) groups excluding carboxylic acids is 2. The molecule has 1 atom stereocenters. The number of imidazole rings is 1. The monoisotopic (exact) mass is 473 g/mol. The van der Waals surface area contributed by atoms with E-state index in [4.69, 9.17) is 21.3 Å². The van der Waals surface area contributed by atoms with Gasteiger partial charge < -0.3 is 21.6 Å². The molecule has 1 fully saturated rings. The molecule has 10 heteroatoms. The van der Waals surface area contributed by atoms with E-state index in [2.05, 4.69) is 27.0 Å². The number of nitrogens with zero attached hydrogens (tertiary/aromatic N) is 4. The predicted molar refractivity (Wildman–Crippen MR) is 132 cm³/mol. The van der Waals surface area contributed by atoms with Crippen molar-refractivity contribution in [1.82, 2.24) is 19.5 Å². The summed E-state index contributed by atoms with van der Waals surface area (Å²) in [5, 5.41) is 2.73. The number of nitrogen functional groups attached to an aromatic ring is 1. The summed E-state index contributed by atoms with van der Waals surface area (Å²) in [5.41, 5.74) is 7.20. The number of nitrogens with two attached hydrogens (primary N) is 2. The van der Waals surface area contributed by atoms with Crippen molar-refractivity contribution in [1.29, 1.82) is 0 Å². The van der Waals surface area contributed by atoms with Crippen LogP contribution < -0.4 is 21.6 Å². The minimum Gasteiger partial charge on any atom is -0.497 e. The first-order valence-corrected chi connectivity index (χ1v) is 11.2. The normalized spacial score (nSPS) is 15.3. The summed E-state index contributed by atoms with van der Waals surface area (Å²) in [6.07, 6.45) is 3.38. The number of primary amides is 1. The van der Waals surface area contributed by atoms with Crippen LogP contribution in [0.2, 0.25) is 0 Å². The molecule has 3 aromatic rings. The molecule has 35 heavy (non-hydrogen) atoms. The van der Waals surface area contributed by atoms with Crippen molar-refractivity contribution >= 4 is 17.6 Å². The topological polar surface area (TPSA) is 141 Å². The quantitative estimate of drug-likeness (QED) is 0.353. The number of ether oxygens (including phenoxy) is 1. The fraction of sp³-hybridized carbons (Fsp3) is 0.280. The fourth-order valence-corrected chi connectivity index (χ4v) is 4.18.